The molecule has 138 valence electrons. The van der Waals surface area contributed by atoms with Gasteiger partial charge in [-0.3, -0.25) is 4.79 Å². The maximum atomic E-state index is 12.9. The molecule has 0 aliphatic rings. The maximum absolute atomic E-state index is 12.9. The lowest BCUT2D eigenvalue weighted by Crippen LogP contribution is -2.31. The topological polar surface area (TPSA) is 92.4 Å². The SMILES string of the molecule is CCNC(=O)Nc1ccc(OCC(=O)NC(C)c2ccc(F)cc2)nc1. The normalized spacial score (nSPS) is 11.3. The molecular weight excluding hydrogens is 339 g/mol. The average Bonchev–Trinajstić information content (AvgIpc) is 2.62. The zero-order valence-electron chi connectivity index (χ0n) is 14.6. The summed E-state index contributed by atoms with van der Waals surface area (Å²) in [4.78, 5) is 27.4. The Hall–Kier alpha value is -3.16. The van der Waals surface area contributed by atoms with Crippen LogP contribution < -0.4 is 20.7 Å². The zero-order valence-corrected chi connectivity index (χ0v) is 14.6. The monoisotopic (exact) mass is 360 g/mol. The summed E-state index contributed by atoms with van der Waals surface area (Å²) in [5, 5.41) is 7.97. The molecule has 1 unspecified atom stereocenters. The van der Waals surface area contributed by atoms with E-state index >= 15 is 0 Å². The number of hydrogen-bond donors (Lipinski definition) is 3. The van der Waals surface area contributed by atoms with Gasteiger partial charge in [-0.25, -0.2) is 14.2 Å². The molecular formula is C18H21FN4O3. The highest BCUT2D eigenvalue weighted by molar-refractivity contribution is 5.88. The second-order valence-electron chi connectivity index (χ2n) is 5.50. The Morgan fingerprint density at radius 3 is 2.54 bits per heavy atom. The van der Waals surface area contributed by atoms with E-state index in [1.54, 1.807) is 31.2 Å². The molecule has 3 amide bonds. The molecule has 2 aromatic rings. The molecule has 1 aromatic heterocycles. The summed E-state index contributed by atoms with van der Waals surface area (Å²) in [5.74, 6) is -0.393. The summed E-state index contributed by atoms with van der Waals surface area (Å²) < 4.78 is 18.2. The molecule has 2 rings (SSSR count). The fraction of sp³-hybridized carbons (Fsp3) is 0.278. The number of nitrogens with one attached hydrogen (secondary N) is 3. The summed E-state index contributed by atoms with van der Waals surface area (Å²) in [6.07, 6.45) is 1.43. The van der Waals surface area contributed by atoms with Gasteiger partial charge in [0.05, 0.1) is 17.9 Å². The maximum Gasteiger partial charge on any atom is 0.319 e. The quantitative estimate of drug-likeness (QED) is 0.708. The standard InChI is InChI=1S/C18H21FN4O3/c1-3-20-18(25)23-15-8-9-17(21-10-15)26-11-16(24)22-12(2)13-4-6-14(19)7-5-13/h4-10,12H,3,11H2,1-2H3,(H,22,24)(H2,20,23,25). The summed E-state index contributed by atoms with van der Waals surface area (Å²) in [5.41, 5.74) is 1.30. The third kappa shape index (κ3) is 6.04. The van der Waals surface area contributed by atoms with Crippen LogP contribution in [0.1, 0.15) is 25.5 Å². The van der Waals surface area contributed by atoms with Gasteiger partial charge < -0.3 is 20.7 Å². The number of amides is 3. The highest BCUT2D eigenvalue weighted by Gasteiger charge is 2.10. The van der Waals surface area contributed by atoms with Crippen LogP contribution in [0, 0.1) is 5.82 Å². The number of benzene rings is 1. The Labute approximate surface area is 151 Å². The van der Waals surface area contributed by atoms with Crippen LogP contribution >= 0.6 is 0 Å². The number of hydrogen-bond acceptors (Lipinski definition) is 4. The number of aromatic nitrogens is 1. The van der Waals surface area contributed by atoms with Gasteiger partial charge in [0.2, 0.25) is 5.88 Å². The van der Waals surface area contributed by atoms with E-state index in [0.717, 1.165) is 5.56 Å². The van der Waals surface area contributed by atoms with E-state index in [-0.39, 0.29) is 36.3 Å². The molecule has 0 radical (unpaired) electrons. The fourth-order valence-electron chi connectivity index (χ4n) is 2.13. The Morgan fingerprint density at radius 2 is 1.92 bits per heavy atom. The van der Waals surface area contributed by atoms with Gasteiger partial charge in [0, 0.05) is 12.6 Å². The van der Waals surface area contributed by atoms with Crippen LogP contribution in [0.3, 0.4) is 0 Å². The van der Waals surface area contributed by atoms with Crippen LogP contribution in [-0.2, 0) is 4.79 Å². The molecule has 0 saturated carbocycles. The third-order valence-corrected chi connectivity index (χ3v) is 3.43. The van der Waals surface area contributed by atoms with E-state index in [1.165, 1.54) is 18.3 Å². The Balaban J connectivity index is 1.79. The molecule has 0 aliphatic heterocycles. The van der Waals surface area contributed by atoms with Gasteiger partial charge in [-0.15, -0.1) is 0 Å². The first kappa shape index (κ1) is 19.2. The van der Waals surface area contributed by atoms with Gasteiger partial charge in [0.25, 0.3) is 5.91 Å². The number of pyridine rings is 1. The molecule has 0 bridgehead atoms. The van der Waals surface area contributed by atoms with Gasteiger partial charge in [-0.1, -0.05) is 12.1 Å². The Bertz CT molecular complexity index is 735. The molecule has 3 N–H and O–H groups in total. The number of anilines is 1. The summed E-state index contributed by atoms with van der Waals surface area (Å²) >= 11 is 0. The first-order valence-corrected chi connectivity index (χ1v) is 8.16. The zero-order chi connectivity index (χ0) is 18.9. The molecule has 26 heavy (non-hydrogen) atoms. The third-order valence-electron chi connectivity index (χ3n) is 3.43. The number of rotatable bonds is 7. The molecule has 1 aromatic carbocycles. The first-order chi connectivity index (χ1) is 12.5. The van der Waals surface area contributed by atoms with E-state index in [1.807, 2.05) is 6.92 Å². The van der Waals surface area contributed by atoms with Gasteiger partial charge in [-0.2, -0.15) is 0 Å². The van der Waals surface area contributed by atoms with E-state index < -0.39 is 0 Å². The fourth-order valence-corrected chi connectivity index (χ4v) is 2.13. The van der Waals surface area contributed by atoms with Crippen molar-refractivity contribution in [1.29, 1.82) is 0 Å². The van der Waals surface area contributed by atoms with Crippen LogP contribution in [-0.4, -0.2) is 30.1 Å². The second-order valence-corrected chi connectivity index (χ2v) is 5.50. The van der Waals surface area contributed by atoms with E-state index in [4.69, 9.17) is 4.74 Å². The number of halogens is 1. The minimum absolute atomic E-state index is 0.207. The van der Waals surface area contributed by atoms with Crippen molar-refractivity contribution in [3.05, 3.63) is 54.0 Å². The van der Waals surface area contributed by atoms with Crippen molar-refractivity contribution in [3.8, 4) is 5.88 Å². The predicted molar refractivity (Wildman–Crippen MR) is 95.4 cm³/mol. The lowest BCUT2D eigenvalue weighted by atomic mass is 10.1. The van der Waals surface area contributed by atoms with Crippen LogP contribution in [0.4, 0.5) is 14.9 Å². The van der Waals surface area contributed by atoms with E-state index in [0.29, 0.717) is 12.2 Å². The molecule has 0 saturated heterocycles. The van der Waals surface area contributed by atoms with Gasteiger partial charge in [-0.05, 0) is 37.6 Å². The molecule has 1 heterocycles. The van der Waals surface area contributed by atoms with Crippen molar-refractivity contribution in [2.24, 2.45) is 0 Å². The lowest BCUT2D eigenvalue weighted by molar-refractivity contribution is -0.123. The van der Waals surface area contributed by atoms with Gasteiger partial charge >= 0.3 is 6.03 Å². The van der Waals surface area contributed by atoms with E-state index in [9.17, 15) is 14.0 Å². The highest BCUT2D eigenvalue weighted by Crippen LogP contribution is 2.13. The number of ether oxygens (including phenoxy) is 1. The largest absolute Gasteiger partial charge is 0.468 e. The Morgan fingerprint density at radius 1 is 1.19 bits per heavy atom. The summed E-state index contributed by atoms with van der Waals surface area (Å²) in [6.45, 7) is 3.93. The van der Waals surface area contributed by atoms with Gasteiger partial charge in [0.15, 0.2) is 6.61 Å². The minimum Gasteiger partial charge on any atom is -0.468 e. The van der Waals surface area contributed by atoms with Crippen LogP contribution in [0.15, 0.2) is 42.6 Å². The molecule has 0 fully saturated rings. The molecule has 0 aliphatic carbocycles. The van der Waals surface area contributed by atoms with Crippen molar-refractivity contribution in [3.63, 3.8) is 0 Å². The number of urea groups is 1. The Kier molecular flexibility index (Phi) is 6.90. The summed E-state index contributed by atoms with van der Waals surface area (Å²) in [6, 6.07) is 8.49. The van der Waals surface area contributed by atoms with Crippen molar-refractivity contribution in [2.45, 2.75) is 19.9 Å². The number of carbonyl (C=O) groups excluding carboxylic acids is 2. The van der Waals surface area contributed by atoms with Crippen LogP contribution in [0.2, 0.25) is 0 Å². The average molecular weight is 360 g/mol. The second kappa shape index (κ2) is 9.36. The van der Waals surface area contributed by atoms with Crippen LogP contribution in [0.5, 0.6) is 5.88 Å². The van der Waals surface area contributed by atoms with E-state index in [2.05, 4.69) is 20.9 Å². The number of carbonyl (C=O) groups is 2. The smallest absolute Gasteiger partial charge is 0.319 e. The first-order valence-electron chi connectivity index (χ1n) is 8.16. The molecule has 8 heteroatoms. The van der Waals surface area contributed by atoms with Gasteiger partial charge in [0.1, 0.15) is 5.82 Å². The lowest BCUT2D eigenvalue weighted by Gasteiger charge is -2.14. The molecule has 1 atom stereocenters. The number of nitrogens with zero attached hydrogens (tertiary/aromatic N) is 1. The highest BCUT2D eigenvalue weighted by atomic mass is 19.1. The summed E-state index contributed by atoms with van der Waals surface area (Å²) in [7, 11) is 0. The van der Waals surface area contributed by atoms with Crippen LogP contribution in [0.25, 0.3) is 0 Å². The molecule has 0 spiro atoms. The van der Waals surface area contributed by atoms with Crippen molar-refractivity contribution in [2.75, 3.05) is 18.5 Å². The van der Waals surface area contributed by atoms with Crippen molar-refractivity contribution < 1.29 is 18.7 Å². The molecule has 7 nitrogen and oxygen atoms in total. The minimum atomic E-state index is -0.327. The van der Waals surface area contributed by atoms with Crippen molar-refractivity contribution in [1.82, 2.24) is 15.6 Å². The van der Waals surface area contributed by atoms with Crippen molar-refractivity contribution >= 4 is 17.6 Å². The predicted octanol–water partition coefficient (Wildman–Crippen LogP) is 2.62.